The molecule has 1 unspecified atom stereocenters. The molecular weight excluding hydrogens is 136 g/mol. The Kier molecular flexibility index (Phi) is 2.01. The lowest BCUT2D eigenvalue weighted by Gasteiger charge is -2.16. The van der Waals surface area contributed by atoms with Gasteiger partial charge in [-0.3, -0.25) is 9.59 Å². The van der Waals surface area contributed by atoms with Crippen LogP contribution >= 0.6 is 0 Å². The third-order valence-corrected chi connectivity index (χ3v) is 1.41. The monoisotopic (exact) mass is 144 g/mol. The van der Waals surface area contributed by atoms with E-state index in [0.717, 1.165) is 0 Å². The van der Waals surface area contributed by atoms with Gasteiger partial charge < -0.3 is 9.84 Å². The van der Waals surface area contributed by atoms with E-state index in [2.05, 4.69) is 0 Å². The van der Waals surface area contributed by atoms with Gasteiger partial charge in [0.05, 0.1) is 12.5 Å². The number of aliphatic carboxylic acids is 1. The molecule has 0 spiro atoms. The van der Waals surface area contributed by atoms with Crippen LogP contribution in [0.1, 0.15) is 6.42 Å². The molecule has 1 aliphatic heterocycles. The summed E-state index contributed by atoms with van der Waals surface area (Å²) in [6, 6.07) is 0. The highest BCUT2D eigenvalue weighted by atomic mass is 16.5. The van der Waals surface area contributed by atoms with Crippen LogP contribution in [-0.2, 0) is 14.3 Å². The molecule has 0 saturated carbocycles. The minimum atomic E-state index is -0.951. The van der Waals surface area contributed by atoms with Gasteiger partial charge >= 0.3 is 5.97 Å². The Labute approximate surface area is 57.8 Å². The van der Waals surface area contributed by atoms with E-state index in [0.29, 0.717) is 0 Å². The van der Waals surface area contributed by atoms with Crippen LogP contribution in [0.5, 0.6) is 0 Å². The van der Waals surface area contributed by atoms with Crippen molar-refractivity contribution in [1.29, 1.82) is 0 Å². The summed E-state index contributed by atoms with van der Waals surface area (Å²) in [7, 11) is 0. The van der Waals surface area contributed by atoms with Gasteiger partial charge in [0.2, 0.25) is 0 Å². The predicted molar refractivity (Wildman–Crippen MR) is 31.6 cm³/mol. The second-order valence-corrected chi connectivity index (χ2v) is 2.29. The van der Waals surface area contributed by atoms with Gasteiger partial charge in [-0.1, -0.05) is 0 Å². The molecule has 0 radical (unpaired) electrons. The number of Topliss-reactive ketones (excluding diaryl/α,β-unsaturated/α-hetero) is 1. The van der Waals surface area contributed by atoms with Crippen molar-refractivity contribution in [1.82, 2.24) is 0 Å². The number of carbonyl (C=O) groups is 2. The fourth-order valence-electron chi connectivity index (χ4n) is 0.866. The molecule has 1 N–H and O–H groups in total. The summed E-state index contributed by atoms with van der Waals surface area (Å²) < 4.78 is 4.73. The minimum absolute atomic E-state index is 0.0732. The molecule has 0 aromatic rings. The molecule has 10 heavy (non-hydrogen) atoms. The van der Waals surface area contributed by atoms with E-state index in [1.807, 2.05) is 0 Å². The van der Waals surface area contributed by atoms with Crippen molar-refractivity contribution in [3.63, 3.8) is 0 Å². The van der Waals surface area contributed by atoms with Crippen LogP contribution in [0.15, 0.2) is 0 Å². The lowest BCUT2D eigenvalue weighted by atomic mass is 10.0. The lowest BCUT2D eigenvalue weighted by molar-refractivity contribution is -0.150. The van der Waals surface area contributed by atoms with Crippen LogP contribution in [0.2, 0.25) is 0 Å². The van der Waals surface area contributed by atoms with Crippen molar-refractivity contribution in [3.05, 3.63) is 0 Å². The maximum atomic E-state index is 10.6. The Hall–Kier alpha value is -0.900. The zero-order valence-corrected chi connectivity index (χ0v) is 5.37. The number of carboxylic acids is 1. The molecule has 1 atom stereocenters. The quantitative estimate of drug-likeness (QED) is 0.547. The van der Waals surface area contributed by atoms with Gasteiger partial charge in [0.15, 0.2) is 5.78 Å². The van der Waals surface area contributed by atoms with E-state index < -0.39 is 11.9 Å². The molecule has 1 saturated heterocycles. The van der Waals surface area contributed by atoms with Crippen LogP contribution in [0.3, 0.4) is 0 Å². The van der Waals surface area contributed by atoms with Crippen LogP contribution in [-0.4, -0.2) is 30.1 Å². The summed E-state index contributed by atoms with van der Waals surface area (Å²) in [4.78, 5) is 20.9. The van der Waals surface area contributed by atoms with Crippen molar-refractivity contribution in [2.45, 2.75) is 6.42 Å². The van der Waals surface area contributed by atoms with Crippen LogP contribution in [0.25, 0.3) is 0 Å². The summed E-state index contributed by atoms with van der Waals surface area (Å²) in [6.07, 6.45) is 0.120. The molecular formula is C6H8O4. The van der Waals surface area contributed by atoms with E-state index in [-0.39, 0.29) is 25.4 Å². The maximum absolute atomic E-state index is 10.6. The summed E-state index contributed by atoms with van der Waals surface area (Å²) in [5, 5.41) is 8.42. The Bertz CT molecular complexity index is 161. The Morgan fingerprint density at radius 3 is 2.80 bits per heavy atom. The van der Waals surface area contributed by atoms with Gasteiger partial charge in [0.1, 0.15) is 6.61 Å². The van der Waals surface area contributed by atoms with Crippen molar-refractivity contribution in [2.75, 3.05) is 13.2 Å². The highest BCUT2D eigenvalue weighted by Gasteiger charge is 2.25. The molecule has 1 aliphatic rings. The Morgan fingerprint density at radius 1 is 1.70 bits per heavy atom. The SMILES string of the molecule is O=C1COCC(C(=O)O)C1. The van der Waals surface area contributed by atoms with E-state index >= 15 is 0 Å². The second kappa shape index (κ2) is 2.79. The molecule has 4 nitrogen and oxygen atoms in total. The molecule has 1 fully saturated rings. The average Bonchev–Trinajstić information content (AvgIpc) is 1.88. The predicted octanol–water partition coefficient (Wildman–Crippen LogP) is -0.323. The first-order valence-corrected chi connectivity index (χ1v) is 3.02. The maximum Gasteiger partial charge on any atom is 0.309 e. The summed E-state index contributed by atoms with van der Waals surface area (Å²) in [5.74, 6) is -1.70. The number of hydrogen-bond donors (Lipinski definition) is 1. The number of ketones is 1. The zero-order valence-electron chi connectivity index (χ0n) is 5.37. The number of carboxylic acid groups (broad SMARTS) is 1. The molecule has 0 aromatic carbocycles. The van der Waals surface area contributed by atoms with E-state index in [9.17, 15) is 9.59 Å². The fourth-order valence-corrected chi connectivity index (χ4v) is 0.866. The summed E-state index contributed by atoms with van der Waals surface area (Å²) in [5.41, 5.74) is 0. The normalized spacial score (nSPS) is 26.4. The second-order valence-electron chi connectivity index (χ2n) is 2.29. The van der Waals surface area contributed by atoms with E-state index in [1.165, 1.54) is 0 Å². The smallest absolute Gasteiger partial charge is 0.309 e. The molecule has 1 rings (SSSR count). The Balaban J connectivity index is 2.47. The molecule has 0 amide bonds. The molecule has 1 heterocycles. The van der Waals surface area contributed by atoms with Crippen LogP contribution < -0.4 is 0 Å². The van der Waals surface area contributed by atoms with Gasteiger partial charge in [-0.15, -0.1) is 0 Å². The third kappa shape index (κ3) is 1.54. The fraction of sp³-hybridized carbons (Fsp3) is 0.667. The van der Waals surface area contributed by atoms with Crippen LogP contribution in [0, 0.1) is 5.92 Å². The number of carbonyl (C=O) groups excluding carboxylic acids is 1. The minimum Gasteiger partial charge on any atom is -0.481 e. The topological polar surface area (TPSA) is 63.6 Å². The molecule has 56 valence electrons. The zero-order chi connectivity index (χ0) is 7.56. The van der Waals surface area contributed by atoms with Gasteiger partial charge in [-0.2, -0.15) is 0 Å². The Morgan fingerprint density at radius 2 is 2.40 bits per heavy atom. The lowest BCUT2D eigenvalue weighted by Crippen LogP contribution is -2.30. The average molecular weight is 144 g/mol. The van der Waals surface area contributed by atoms with Crippen molar-refractivity contribution in [3.8, 4) is 0 Å². The third-order valence-electron chi connectivity index (χ3n) is 1.41. The van der Waals surface area contributed by atoms with E-state index in [1.54, 1.807) is 0 Å². The number of rotatable bonds is 1. The van der Waals surface area contributed by atoms with Crippen LogP contribution in [0.4, 0.5) is 0 Å². The molecule has 0 aromatic heterocycles. The number of hydrogen-bond acceptors (Lipinski definition) is 3. The highest BCUT2D eigenvalue weighted by Crippen LogP contribution is 2.10. The standard InChI is InChI=1S/C6H8O4/c7-5-1-4(6(8)9)2-10-3-5/h4H,1-3H2,(H,8,9). The van der Waals surface area contributed by atoms with Gasteiger partial charge in [0.25, 0.3) is 0 Å². The first-order chi connectivity index (χ1) is 4.70. The summed E-state index contributed by atoms with van der Waals surface area (Å²) >= 11 is 0. The van der Waals surface area contributed by atoms with Gasteiger partial charge in [0, 0.05) is 6.42 Å². The van der Waals surface area contributed by atoms with Gasteiger partial charge in [-0.05, 0) is 0 Å². The molecule has 4 heteroatoms. The van der Waals surface area contributed by atoms with Crippen molar-refractivity contribution in [2.24, 2.45) is 5.92 Å². The molecule has 0 bridgehead atoms. The van der Waals surface area contributed by atoms with Gasteiger partial charge in [-0.25, -0.2) is 0 Å². The van der Waals surface area contributed by atoms with Crippen molar-refractivity contribution < 1.29 is 19.4 Å². The summed E-state index contributed by atoms with van der Waals surface area (Å²) in [6.45, 7) is 0.241. The first-order valence-electron chi connectivity index (χ1n) is 3.02. The largest absolute Gasteiger partial charge is 0.481 e. The molecule has 0 aliphatic carbocycles. The van der Waals surface area contributed by atoms with Crippen molar-refractivity contribution >= 4 is 11.8 Å². The first kappa shape index (κ1) is 7.21. The highest BCUT2D eigenvalue weighted by molar-refractivity contribution is 5.85. The number of ether oxygens (including phenoxy) is 1. The van der Waals surface area contributed by atoms with E-state index in [4.69, 9.17) is 9.84 Å².